The van der Waals surface area contributed by atoms with Crippen molar-refractivity contribution >= 4 is 5.97 Å². The second-order valence-electron chi connectivity index (χ2n) is 6.30. The fourth-order valence-electron chi connectivity index (χ4n) is 3.75. The Kier molecular flexibility index (Phi) is 5.34. The molecule has 2 unspecified atom stereocenters. The summed E-state index contributed by atoms with van der Waals surface area (Å²) in [6, 6.07) is 29.7. The Bertz CT molecular complexity index is 772. The molecule has 0 spiro atoms. The topological polar surface area (TPSA) is 43.1 Å². The van der Waals surface area contributed by atoms with Crippen molar-refractivity contribution in [3.63, 3.8) is 0 Å². The average molecular weight is 335 g/mol. The Labute approximate surface area is 165 Å². The fraction of sp³-hybridized carbons (Fsp3) is 0.136. The van der Waals surface area contributed by atoms with Crippen LogP contribution in [-0.2, 0) is 10.3 Å². The van der Waals surface area contributed by atoms with Gasteiger partial charge in [-0.2, -0.15) is 0 Å². The molecule has 1 heterocycles. The van der Waals surface area contributed by atoms with Gasteiger partial charge in [-0.1, -0.05) is 91.0 Å². The third-order valence-corrected chi connectivity index (χ3v) is 4.89. The SMILES string of the molecule is O=C([O-])C1CN1C(c1ccccc1)(c1ccccc1)c1ccccc1.[Li+]. The van der Waals surface area contributed by atoms with E-state index in [0.717, 1.165) is 16.7 Å². The predicted octanol–water partition coefficient (Wildman–Crippen LogP) is -0.583. The van der Waals surface area contributed by atoms with Crippen LogP contribution in [0.4, 0.5) is 0 Å². The molecule has 0 radical (unpaired) electrons. The number of carboxylic acids is 1. The summed E-state index contributed by atoms with van der Waals surface area (Å²) in [5, 5.41) is 11.6. The van der Waals surface area contributed by atoms with E-state index in [1.54, 1.807) is 0 Å². The number of aliphatic carboxylic acids is 1. The number of carbonyl (C=O) groups is 1. The molecule has 0 bridgehead atoms. The van der Waals surface area contributed by atoms with Crippen molar-refractivity contribution in [3.05, 3.63) is 108 Å². The molecule has 0 saturated carbocycles. The van der Waals surface area contributed by atoms with E-state index < -0.39 is 17.6 Å². The number of hydrogen-bond acceptors (Lipinski definition) is 3. The second kappa shape index (κ2) is 7.51. The first-order chi connectivity index (χ1) is 12.2. The van der Waals surface area contributed by atoms with Crippen molar-refractivity contribution in [3.8, 4) is 0 Å². The van der Waals surface area contributed by atoms with Crippen LogP contribution >= 0.6 is 0 Å². The molecule has 4 rings (SSSR count). The van der Waals surface area contributed by atoms with E-state index in [2.05, 4.69) is 36.4 Å². The molecular formula is C22H18LiNO2. The average Bonchev–Trinajstić information content (AvgIpc) is 3.47. The van der Waals surface area contributed by atoms with Gasteiger partial charge in [0.25, 0.3) is 0 Å². The molecule has 124 valence electrons. The first-order valence-electron chi connectivity index (χ1n) is 8.39. The largest absolute Gasteiger partial charge is 1.00 e. The zero-order valence-corrected chi connectivity index (χ0v) is 14.7. The van der Waals surface area contributed by atoms with Crippen LogP contribution in [0.25, 0.3) is 0 Å². The molecule has 0 N–H and O–H groups in total. The van der Waals surface area contributed by atoms with Crippen LogP contribution in [0.3, 0.4) is 0 Å². The molecule has 4 heteroatoms. The number of carbonyl (C=O) groups excluding carboxylic acids is 1. The van der Waals surface area contributed by atoms with Gasteiger partial charge in [-0.05, 0) is 16.7 Å². The molecule has 1 aliphatic rings. The van der Waals surface area contributed by atoms with Crippen molar-refractivity contribution in [2.24, 2.45) is 0 Å². The summed E-state index contributed by atoms with van der Waals surface area (Å²) < 4.78 is 0. The van der Waals surface area contributed by atoms with Gasteiger partial charge in [0.2, 0.25) is 0 Å². The van der Waals surface area contributed by atoms with Crippen molar-refractivity contribution in [1.82, 2.24) is 4.90 Å². The minimum atomic E-state index is -1.02. The zero-order valence-electron chi connectivity index (χ0n) is 14.7. The van der Waals surface area contributed by atoms with E-state index in [-0.39, 0.29) is 18.9 Å². The summed E-state index contributed by atoms with van der Waals surface area (Å²) in [4.78, 5) is 13.6. The van der Waals surface area contributed by atoms with Gasteiger partial charge < -0.3 is 9.90 Å². The zero-order chi connectivity index (χ0) is 17.3. The van der Waals surface area contributed by atoms with E-state index in [9.17, 15) is 9.90 Å². The summed E-state index contributed by atoms with van der Waals surface area (Å²) in [5.41, 5.74) is 2.51. The summed E-state index contributed by atoms with van der Waals surface area (Å²) in [6.07, 6.45) is 0. The van der Waals surface area contributed by atoms with Crippen molar-refractivity contribution in [2.75, 3.05) is 6.54 Å². The number of benzene rings is 3. The molecule has 0 aromatic heterocycles. The van der Waals surface area contributed by atoms with E-state index in [1.807, 2.05) is 59.5 Å². The maximum absolute atomic E-state index is 11.6. The van der Waals surface area contributed by atoms with Gasteiger partial charge in [0, 0.05) is 6.54 Å². The molecule has 26 heavy (non-hydrogen) atoms. The minimum Gasteiger partial charge on any atom is -0.548 e. The Hall–Kier alpha value is -2.31. The van der Waals surface area contributed by atoms with Gasteiger partial charge in [-0.3, -0.25) is 4.90 Å². The Balaban J connectivity index is 0.00000196. The van der Waals surface area contributed by atoms with Gasteiger partial charge in [-0.25, -0.2) is 0 Å². The molecule has 1 fully saturated rings. The third-order valence-electron chi connectivity index (χ3n) is 4.89. The van der Waals surface area contributed by atoms with Crippen molar-refractivity contribution < 1.29 is 28.8 Å². The van der Waals surface area contributed by atoms with Crippen LogP contribution in [0, 0.1) is 0 Å². The normalized spacial score (nSPS) is 18.6. The maximum Gasteiger partial charge on any atom is 1.00 e. The minimum absolute atomic E-state index is 0. The van der Waals surface area contributed by atoms with Gasteiger partial charge in [-0.15, -0.1) is 0 Å². The smallest absolute Gasteiger partial charge is 0.548 e. The summed E-state index contributed by atoms with van der Waals surface area (Å²) in [5.74, 6) is -1.02. The standard InChI is InChI=1S/C22H19NO2.Li/c24-21(25)20-16-23(20)22(17-10-4-1-5-11-17,18-12-6-2-7-13-18)19-14-8-3-9-15-19;/h1-15,20H,16H2,(H,24,25);/q;+1/p-1. The van der Waals surface area contributed by atoms with Crippen LogP contribution in [0.2, 0.25) is 0 Å². The van der Waals surface area contributed by atoms with Crippen LogP contribution in [0.1, 0.15) is 16.7 Å². The predicted molar refractivity (Wildman–Crippen MR) is 94.7 cm³/mol. The summed E-state index contributed by atoms with van der Waals surface area (Å²) in [6.45, 7) is 0.473. The van der Waals surface area contributed by atoms with Crippen LogP contribution < -0.4 is 24.0 Å². The van der Waals surface area contributed by atoms with Crippen LogP contribution in [-0.4, -0.2) is 23.5 Å². The molecule has 1 saturated heterocycles. The molecule has 3 aromatic carbocycles. The summed E-state index contributed by atoms with van der Waals surface area (Å²) >= 11 is 0. The quantitative estimate of drug-likeness (QED) is 0.356. The van der Waals surface area contributed by atoms with Gasteiger partial charge in [0.05, 0.1) is 17.6 Å². The van der Waals surface area contributed by atoms with Gasteiger partial charge in [0.15, 0.2) is 0 Å². The summed E-state index contributed by atoms with van der Waals surface area (Å²) in [7, 11) is 0. The molecule has 3 nitrogen and oxygen atoms in total. The Morgan fingerprint density at radius 2 is 1.12 bits per heavy atom. The number of nitrogens with zero attached hydrogens (tertiary/aromatic N) is 1. The molecule has 0 aliphatic carbocycles. The maximum atomic E-state index is 11.6. The van der Waals surface area contributed by atoms with E-state index >= 15 is 0 Å². The monoisotopic (exact) mass is 335 g/mol. The molecular weight excluding hydrogens is 317 g/mol. The number of carboxylic acid groups (broad SMARTS) is 1. The van der Waals surface area contributed by atoms with Gasteiger partial charge in [0.1, 0.15) is 0 Å². The first kappa shape index (κ1) is 18.5. The van der Waals surface area contributed by atoms with E-state index in [1.165, 1.54) is 0 Å². The second-order valence-corrected chi connectivity index (χ2v) is 6.30. The molecule has 3 aromatic rings. The molecule has 1 aliphatic heterocycles. The van der Waals surface area contributed by atoms with Crippen LogP contribution in [0.15, 0.2) is 91.0 Å². The van der Waals surface area contributed by atoms with Crippen molar-refractivity contribution in [1.29, 1.82) is 0 Å². The fourth-order valence-corrected chi connectivity index (χ4v) is 3.75. The third kappa shape index (κ3) is 2.99. The van der Waals surface area contributed by atoms with E-state index in [0.29, 0.717) is 6.54 Å². The van der Waals surface area contributed by atoms with E-state index in [4.69, 9.17) is 0 Å². The molecule has 0 amide bonds. The first-order valence-corrected chi connectivity index (χ1v) is 8.39. The molecule has 2 atom stereocenters. The van der Waals surface area contributed by atoms with Crippen molar-refractivity contribution in [2.45, 2.75) is 11.6 Å². The Morgan fingerprint density at radius 1 is 0.769 bits per heavy atom. The number of rotatable bonds is 5. The van der Waals surface area contributed by atoms with Crippen LogP contribution in [0.5, 0.6) is 0 Å². The number of hydrogen-bond donors (Lipinski definition) is 0. The Morgan fingerprint density at radius 3 is 1.38 bits per heavy atom. The van der Waals surface area contributed by atoms with Gasteiger partial charge >= 0.3 is 18.9 Å².